The van der Waals surface area contributed by atoms with E-state index in [0.29, 0.717) is 0 Å². The third-order valence-electron chi connectivity index (χ3n) is 2.32. The molecular weight excluding hydrogens is 234 g/mol. The molecule has 5 nitrogen and oxygen atoms in total. The van der Waals surface area contributed by atoms with Crippen LogP contribution in [0, 0.1) is 0 Å². The minimum absolute atomic E-state index is 0.242. The first kappa shape index (κ1) is 12.1. The maximum Gasteiger partial charge on any atom is 0.150 e. The summed E-state index contributed by atoms with van der Waals surface area (Å²) in [5.74, 6) is 0. The van der Waals surface area contributed by atoms with E-state index in [1.807, 2.05) is 0 Å². The van der Waals surface area contributed by atoms with Gasteiger partial charge in [0, 0.05) is 18.0 Å². The lowest BCUT2D eigenvalue weighted by atomic mass is 10.3. The summed E-state index contributed by atoms with van der Waals surface area (Å²) in [4.78, 5) is 7.95. The van der Waals surface area contributed by atoms with Crippen LogP contribution < -0.4 is 5.32 Å². The molecule has 0 aliphatic rings. The summed E-state index contributed by atoms with van der Waals surface area (Å²) in [6.07, 6.45) is 6.13. The Balaban J connectivity index is 2.11. The molecule has 0 amide bonds. The van der Waals surface area contributed by atoms with E-state index in [-0.39, 0.29) is 6.04 Å². The second-order valence-corrected chi connectivity index (χ2v) is 4.76. The molecule has 0 fully saturated rings. The first-order valence-electron chi connectivity index (χ1n) is 5.63. The van der Waals surface area contributed by atoms with Gasteiger partial charge in [-0.1, -0.05) is 18.3 Å². The highest BCUT2D eigenvalue weighted by atomic mass is 32.1. The van der Waals surface area contributed by atoms with Crippen LogP contribution in [0.15, 0.2) is 18.7 Å². The number of rotatable bonds is 5. The van der Waals surface area contributed by atoms with E-state index in [4.69, 9.17) is 0 Å². The largest absolute Gasteiger partial charge is 0.308 e. The first-order chi connectivity index (χ1) is 8.31. The normalized spacial score (nSPS) is 12.6. The van der Waals surface area contributed by atoms with Crippen LogP contribution in [0.4, 0.5) is 0 Å². The average Bonchev–Trinajstić information content (AvgIpc) is 2.86. The molecule has 0 saturated heterocycles. The number of aromatic nitrogens is 4. The fourth-order valence-corrected chi connectivity index (χ4v) is 2.23. The zero-order valence-corrected chi connectivity index (χ0v) is 10.7. The molecule has 90 valence electrons. The van der Waals surface area contributed by atoms with Gasteiger partial charge in [0.25, 0.3) is 0 Å². The van der Waals surface area contributed by atoms with E-state index in [1.54, 1.807) is 23.7 Å². The molecule has 0 aliphatic heterocycles. The van der Waals surface area contributed by atoms with Crippen molar-refractivity contribution in [3.63, 3.8) is 0 Å². The summed E-state index contributed by atoms with van der Waals surface area (Å²) in [6.45, 7) is 5.23. The Labute approximate surface area is 104 Å². The molecule has 0 saturated carbocycles. The molecule has 0 aromatic carbocycles. The summed E-state index contributed by atoms with van der Waals surface area (Å²) in [5.41, 5.74) is 0.916. The van der Waals surface area contributed by atoms with Gasteiger partial charge >= 0.3 is 0 Å². The van der Waals surface area contributed by atoms with Crippen molar-refractivity contribution >= 4 is 11.3 Å². The van der Waals surface area contributed by atoms with Crippen molar-refractivity contribution in [2.75, 3.05) is 6.54 Å². The Hall–Kier alpha value is -1.40. The Morgan fingerprint density at radius 2 is 2.06 bits per heavy atom. The molecule has 6 heteroatoms. The third kappa shape index (κ3) is 3.04. The van der Waals surface area contributed by atoms with Crippen LogP contribution in [0.1, 0.15) is 31.3 Å². The lowest BCUT2D eigenvalue weighted by molar-refractivity contribution is 0.564. The van der Waals surface area contributed by atoms with Crippen molar-refractivity contribution in [2.24, 2.45) is 0 Å². The fourth-order valence-electron chi connectivity index (χ4n) is 1.38. The Kier molecular flexibility index (Phi) is 4.11. The summed E-state index contributed by atoms with van der Waals surface area (Å²) < 4.78 is 0. The van der Waals surface area contributed by atoms with Crippen molar-refractivity contribution in [2.45, 2.75) is 26.3 Å². The van der Waals surface area contributed by atoms with Crippen LogP contribution in [0.25, 0.3) is 10.6 Å². The van der Waals surface area contributed by atoms with Gasteiger partial charge in [-0.15, -0.1) is 10.2 Å². The highest BCUT2D eigenvalue weighted by Gasteiger charge is 2.12. The minimum Gasteiger partial charge on any atom is -0.308 e. The van der Waals surface area contributed by atoms with Gasteiger partial charge < -0.3 is 5.32 Å². The fraction of sp³-hybridized carbons (Fsp3) is 0.455. The molecule has 2 heterocycles. The molecule has 0 radical (unpaired) electrons. The monoisotopic (exact) mass is 249 g/mol. The van der Waals surface area contributed by atoms with Gasteiger partial charge in [-0.2, -0.15) is 0 Å². The van der Waals surface area contributed by atoms with E-state index in [0.717, 1.165) is 28.5 Å². The van der Waals surface area contributed by atoms with Crippen LogP contribution in [-0.4, -0.2) is 26.7 Å². The minimum atomic E-state index is 0.242. The first-order valence-corrected chi connectivity index (χ1v) is 6.45. The molecule has 2 rings (SSSR count). The number of hydrogen-bond acceptors (Lipinski definition) is 6. The molecule has 0 bridgehead atoms. The van der Waals surface area contributed by atoms with Crippen LogP contribution >= 0.6 is 11.3 Å². The van der Waals surface area contributed by atoms with Gasteiger partial charge in [0.15, 0.2) is 5.01 Å². The molecule has 1 atom stereocenters. The van der Waals surface area contributed by atoms with Gasteiger partial charge in [-0.25, -0.2) is 9.97 Å². The molecule has 2 aromatic rings. The molecule has 1 unspecified atom stereocenters. The van der Waals surface area contributed by atoms with Gasteiger partial charge in [0.1, 0.15) is 11.3 Å². The van der Waals surface area contributed by atoms with Crippen molar-refractivity contribution < 1.29 is 0 Å². The summed E-state index contributed by atoms with van der Waals surface area (Å²) >= 11 is 1.58. The third-order valence-corrected chi connectivity index (χ3v) is 3.47. The molecule has 1 N–H and O–H groups in total. The molecule has 0 aliphatic carbocycles. The maximum absolute atomic E-state index is 4.20. The van der Waals surface area contributed by atoms with E-state index in [2.05, 4.69) is 39.3 Å². The van der Waals surface area contributed by atoms with Crippen molar-refractivity contribution in [1.82, 2.24) is 25.5 Å². The molecule has 2 aromatic heterocycles. The van der Waals surface area contributed by atoms with Crippen LogP contribution in [0.5, 0.6) is 0 Å². The second-order valence-electron chi connectivity index (χ2n) is 3.75. The standard InChI is InChI=1S/C11H15N5S/c1-3-4-14-8(2)10-15-16-11(17-10)9-5-12-7-13-6-9/h5-8,14H,3-4H2,1-2H3. The Bertz CT molecular complexity index is 456. The summed E-state index contributed by atoms with van der Waals surface area (Å²) in [7, 11) is 0. The average molecular weight is 249 g/mol. The van der Waals surface area contributed by atoms with E-state index >= 15 is 0 Å². The smallest absolute Gasteiger partial charge is 0.150 e. The number of nitrogens with zero attached hydrogens (tertiary/aromatic N) is 4. The van der Waals surface area contributed by atoms with Crippen molar-refractivity contribution in [3.05, 3.63) is 23.7 Å². The van der Waals surface area contributed by atoms with E-state index in [9.17, 15) is 0 Å². The highest BCUT2D eigenvalue weighted by molar-refractivity contribution is 7.14. The topological polar surface area (TPSA) is 63.6 Å². The lowest BCUT2D eigenvalue weighted by Crippen LogP contribution is -2.18. The zero-order chi connectivity index (χ0) is 12.1. The van der Waals surface area contributed by atoms with Crippen LogP contribution in [0.3, 0.4) is 0 Å². The zero-order valence-electron chi connectivity index (χ0n) is 9.92. The van der Waals surface area contributed by atoms with Gasteiger partial charge in [0.05, 0.1) is 6.04 Å². The Morgan fingerprint density at radius 1 is 1.29 bits per heavy atom. The molecule has 0 spiro atoms. The predicted octanol–water partition coefficient (Wildman–Crippen LogP) is 2.06. The van der Waals surface area contributed by atoms with Gasteiger partial charge in [-0.3, -0.25) is 0 Å². The van der Waals surface area contributed by atoms with E-state index < -0.39 is 0 Å². The highest BCUT2D eigenvalue weighted by Crippen LogP contribution is 2.25. The van der Waals surface area contributed by atoms with Crippen LogP contribution in [-0.2, 0) is 0 Å². The molecular formula is C11H15N5S. The summed E-state index contributed by atoms with van der Waals surface area (Å²) in [6, 6.07) is 0.242. The van der Waals surface area contributed by atoms with Crippen LogP contribution in [0.2, 0.25) is 0 Å². The predicted molar refractivity (Wildman–Crippen MR) is 67.6 cm³/mol. The second kappa shape index (κ2) is 5.79. The van der Waals surface area contributed by atoms with E-state index in [1.165, 1.54) is 6.33 Å². The molecule has 17 heavy (non-hydrogen) atoms. The quantitative estimate of drug-likeness (QED) is 0.878. The Morgan fingerprint density at radius 3 is 2.76 bits per heavy atom. The SMILES string of the molecule is CCCNC(C)c1nnc(-c2cncnc2)s1. The maximum atomic E-state index is 4.20. The number of hydrogen-bond donors (Lipinski definition) is 1. The van der Waals surface area contributed by atoms with Gasteiger partial charge in [-0.05, 0) is 19.9 Å². The lowest BCUT2D eigenvalue weighted by Gasteiger charge is -2.08. The summed E-state index contributed by atoms with van der Waals surface area (Å²) in [5, 5.41) is 13.6. The van der Waals surface area contributed by atoms with Crippen molar-refractivity contribution in [1.29, 1.82) is 0 Å². The van der Waals surface area contributed by atoms with Gasteiger partial charge in [0.2, 0.25) is 0 Å². The van der Waals surface area contributed by atoms with Crippen molar-refractivity contribution in [3.8, 4) is 10.6 Å². The number of nitrogens with one attached hydrogen (secondary N) is 1.